The maximum absolute atomic E-state index is 13.0. The van der Waals surface area contributed by atoms with Gasteiger partial charge in [0.05, 0.1) is 15.8 Å². The molecule has 1 aliphatic carbocycles. The van der Waals surface area contributed by atoms with Gasteiger partial charge in [-0.05, 0) is 38.0 Å². The molecule has 0 spiro atoms. The van der Waals surface area contributed by atoms with E-state index in [1.54, 1.807) is 19.1 Å². The minimum atomic E-state index is -3.67. The highest BCUT2D eigenvalue weighted by Gasteiger charge is 2.28. The Kier molecular flexibility index (Phi) is 7.04. The van der Waals surface area contributed by atoms with Crippen LogP contribution in [0.15, 0.2) is 28.0 Å². The fourth-order valence-electron chi connectivity index (χ4n) is 3.69. The largest absolute Gasteiger partial charge is 0.353 e. The summed E-state index contributed by atoms with van der Waals surface area (Å²) in [6.07, 6.45) is 6.89. The first kappa shape index (κ1) is 21.2. The number of amides is 2. The Labute approximate surface area is 171 Å². The summed E-state index contributed by atoms with van der Waals surface area (Å²) in [5.41, 5.74) is 0.531. The molecule has 1 aliphatic heterocycles. The van der Waals surface area contributed by atoms with E-state index in [0.29, 0.717) is 17.9 Å². The minimum absolute atomic E-state index is 0.0585. The summed E-state index contributed by atoms with van der Waals surface area (Å²) in [5.74, 6) is 0.348. The molecule has 154 valence electrons. The first-order chi connectivity index (χ1) is 13.4. The van der Waals surface area contributed by atoms with E-state index in [0.717, 1.165) is 30.6 Å². The molecule has 1 aromatic carbocycles. The summed E-state index contributed by atoms with van der Waals surface area (Å²) < 4.78 is 25.9. The number of hydrogen-bond acceptors (Lipinski definition) is 5. The van der Waals surface area contributed by atoms with Crippen LogP contribution in [0.25, 0.3) is 0 Å². The van der Waals surface area contributed by atoms with E-state index >= 15 is 0 Å². The Morgan fingerprint density at radius 1 is 1.25 bits per heavy atom. The molecule has 1 heterocycles. The highest BCUT2D eigenvalue weighted by molar-refractivity contribution is 7.99. The van der Waals surface area contributed by atoms with Gasteiger partial charge < -0.3 is 10.6 Å². The van der Waals surface area contributed by atoms with Gasteiger partial charge in [0.15, 0.2) is 9.84 Å². The van der Waals surface area contributed by atoms with E-state index in [-0.39, 0.29) is 29.2 Å². The molecule has 2 amide bonds. The molecular formula is C20H28N2O4S2. The van der Waals surface area contributed by atoms with Crippen LogP contribution in [0.2, 0.25) is 0 Å². The van der Waals surface area contributed by atoms with Crippen molar-refractivity contribution in [3.63, 3.8) is 0 Å². The van der Waals surface area contributed by atoms with Crippen LogP contribution in [0, 0.1) is 0 Å². The van der Waals surface area contributed by atoms with Gasteiger partial charge in [0.2, 0.25) is 11.8 Å². The number of hydrogen-bond donors (Lipinski definition) is 2. The van der Waals surface area contributed by atoms with Gasteiger partial charge in [-0.2, -0.15) is 0 Å². The van der Waals surface area contributed by atoms with Crippen molar-refractivity contribution < 1.29 is 18.0 Å². The van der Waals surface area contributed by atoms with Crippen LogP contribution in [-0.2, 0) is 19.4 Å². The lowest BCUT2D eigenvalue weighted by atomic mass is 10.1. The summed E-state index contributed by atoms with van der Waals surface area (Å²) in [6, 6.07) is 4.97. The summed E-state index contributed by atoms with van der Waals surface area (Å²) in [7, 11) is -3.67. The Hall–Kier alpha value is -1.54. The zero-order chi connectivity index (χ0) is 20.1. The predicted molar refractivity (Wildman–Crippen MR) is 111 cm³/mol. The van der Waals surface area contributed by atoms with Crippen molar-refractivity contribution in [1.29, 1.82) is 0 Å². The number of benzene rings is 1. The molecule has 8 heteroatoms. The van der Waals surface area contributed by atoms with E-state index in [4.69, 9.17) is 0 Å². The number of thioether (sulfide) groups is 1. The second-order valence-corrected chi connectivity index (χ2v) is 11.1. The lowest BCUT2D eigenvalue weighted by molar-refractivity contribution is -0.121. The minimum Gasteiger partial charge on any atom is -0.353 e. The van der Waals surface area contributed by atoms with Crippen LogP contribution in [0.4, 0.5) is 5.69 Å². The van der Waals surface area contributed by atoms with Crippen LogP contribution in [0.1, 0.15) is 58.3 Å². The van der Waals surface area contributed by atoms with Crippen molar-refractivity contribution in [2.45, 2.75) is 79.4 Å². The van der Waals surface area contributed by atoms with Crippen molar-refractivity contribution in [2.75, 3.05) is 11.1 Å². The van der Waals surface area contributed by atoms with Gasteiger partial charge in [-0.1, -0.05) is 25.7 Å². The monoisotopic (exact) mass is 424 g/mol. The number of carbonyl (C=O) groups excluding carboxylic acids is 2. The fourth-order valence-corrected chi connectivity index (χ4v) is 6.00. The molecule has 3 rings (SSSR count). The fraction of sp³-hybridized carbons (Fsp3) is 0.600. The Morgan fingerprint density at radius 2 is 1.96 bits per heavy atom. The average Bonchev–Trinajstić information content (AvgIpc) is 3.00. The number of anilines is 1. The van der Waals surface area contributed by atoms with Crippen molar-refractivity contribution in [2.24, 2.45) is 0 Å². The highest BCUT2D eigenvalue weighted by Crippen LogP contribution is 2.33. The highest BCUT2D eigenvalue weighted by atomic mass is 32.2. The second-order valence-electron chi connectivity index (χ2n) is 7.62. The van der Waals surface area contributed by atoms with Gasteiger partial charge in [-0.3, -0.25) is 9.59 Å². The smallest absolute Gasteiger partial charge is 0.225 e. The first-order valence-corrected chi connectivity index (χ1v) is 12.5. The topological polar surface area (TPSA) is 92.3 Å². The van der Waals surface area contributed by atoms with E-state index in [9.17, 15) is 18.0 Å². The second kappa shape index (κ2) is 9.31. The number of sulfone groups is 1. The van der Waals surface area contributed by atoms with Crippen molar-refractivity contribution in [1.82, 2.24) is 5.32 Å². The molecule has 2 aliphatic rings. The van der Waals surface area contributed by atoms with Crippen LogP contribution < -0.4 is 10.6 Å². The van der Waals surface area contributed by atoms with Crippen molar-refractivity contribution in [3.05, 3.63) is 18.2 Å². The molecule has 0 unspecified atom stereocenters. The molecule has 2 N–H and O–H groups in total. The number of rotatable bonds is 5. The Balaban J connectivity index is 1.67. The summed E-state index contributed by atoms with van der Waals surface area (Å²) in [6.45, 7) is 1.57. The van der Waals surface area contributed by atoms with Crippen LogP contribution in [-0.4, -0.2) is 37.3 Å². The molecule has 1 fully saturated rings. The van der Waals surface area contributed by atoms with Crippen LogP contribution in [0.5, 0.6) is 0 Å². The van der Waals surface area contributed by atoms with Gasteiger partial charge in [0, 0.05) is 29.5 Å². The predicted octanol–water partition coefficient (Wildman–Crippen LogP) is 3.51. The summed E-state index contributed by atoms with van der Waals surface area (Å²) in [5, 5.41) is 4.96. The average molecular weight is 425 g/mol. The Morgan fingerprint density at radius 3 is 2.68 bits per heavy atom. The maximum Gasteiger partial charge on any atom is 0.225 e. The van der Waals surface area contributed by atoms with Crippen LogP contribution >= 0.6 is 11.8 Å². The zero-order valence-corrected chi connectivity index (χ0v) is 17.8. The molecule has 1 atom stereocenters. The summed E-state index contributed by atoms with van der Waals surface area (Å²) >= 11 is 1.53. The number of nitrogens with one attached hydrogen (secondary N) is 2. The van der Waals surface area contributed by atoms with E-state index in [1.165, 1.54) is 30.7 Å². The molecule has 0 aromatic heterocycles. The molecule has 1 aromatic rings. The summed E-state index contributed by atoms with van der Waals surface area (Å²) in [4.78, 5) is 25.2. The van der Waals surface area contributed by atoms with Gasteiger partial charge in [-0.25, -0.2) is 8.42 Å². The third kappa shape index (κ3) is 5.29. The lowest BCUT2D eigenvalue weighted by Crippen LogP contribution is -2.37. The number of fused-ring (bicyclic) bond motifs is 1. The molecule has 6 nitrogen and oxygen atoms in total. The van der Waals surface area contributed by atoms with E-state index in [1.807, 2.05) is 0 Å². The van der Waals surface area contributed by atoms with E-state index < -0.39 is 15.1 Å². The standard InChI is InChI=1S/C20H28N2O4S2/c1-14(12-20(24)21-15-6-4-2-3-5-7-15)28(25,26)16-8-9-18-17(13-16)22-19(23)10-11-27-18/h8-9,13-15H,2-7,10-12H2,1H3,(H,21,24)(H,22,23)/t14-/m1/s1. The van der Waals surface area contributed by atoms with Crippen molar-refractivity contribution >= 4 is 39.1 Å². The van der Waals surface area contributed by atoms with E-state index in [2.05, 4.69) is 10.6 Å². The normalized spacial score (nSPS) is 19.7. The molecule has 0 saturated heterocycles. The maximum atomic E-state index is 13.0. The third-order valence-electron chi connectivity index (χ3n) is 5.36. The Bertz CT molecular complexity index is 831. The molecule has 0 bridgehead atoms. The molecular weight excluding hydrogens is 396 g/mol. The molecule has 1 saturated carbocycles. The quantitative estimate of drug-likeness (QED) is 0.706. The van der Waals surface area contributed by atoms with Crippen LogP contribution in [0.3, 0.4) is 0 Å². The lowest BCUT2D eigenvalue weighted by Gasteiger charge is -2.19. The SMILES string of the molecule is C[C@H](CC(=O)NC1CCCCCC1)S(=O)(=O)c1ccc2c(c1)NC(=O)CCS2. The molecule has 28 heavy (non-hydrogen) atoms. The van der Waals surface area contributed by atoms with Gasteiger partial charge in [0.25, 0.3) is 0 Å². The molecule has 0 radical (unpaired) electrons. The van der Waals surface area contributed by atoms with Gasteiger partial charge in [-0.15, -0.1) is 11.8 Å². The van der Waals surface area contributed by atoms with Gasteiger partial charge >= 0.3 is 0 Å². The first-order valence-electron chi connectivity index (χ1n) is 9.96. The third-order valence-corrected chi connectivity index (χ3v) is 8.58. The van der Waals surface area contributed by atoms with Gasteiger partial charge in [0.1, 0.15) is 0 Å². The zero-order valence-electron chi connectivity index (χ0n) is 16.2. The number of carbonyl (C=O) groups is 2. The van der Waals surface area contributed by atoms with Crippen molar-refractivity contribution in [3.8, 4) is 0 Å².